The minimum absolute atomic E-state index is 0.106. The van der Waals surface area contributed by atoms with Gasteiger partial charge in [0.25, 0.3) is 0 Å². The molecule has 0 saturated carbocycles. The van der Waals surface area contributed by atoms with Crippen LogP contribution < -0.4 is 0 Å². The Bertz CT molecular complexity index is 264. The number of halogens is 1. The summed E-state index contributed by atoms with van der Waals surface area (Å²) in [7, 11) is 0. The van der Waals surface area contributed by atoms with E-state index in [0.29, 0.717) is 0 Å². The molecular formula is C12H17Cl. The molecule has 0 amide bonds. The molecule has 0 radical (unpaired) electrons. The highest BCUT2D eigenvalue weighted by Gasteiger charge is 2.13. The number of rotatable bonds is 1. The molecule has 0 spiro atoms. The third kappa shape index (κ3) is 2.73. The molecule has 1 heteroatoms. The fourth-order valence-electron chi connectivity index (χ4n) is 1.25. The molecule has 72 valence electrons. The number of hydrogen-bond acceptors (Lipinski definition) is 0. The second-order valence-electron chi connectivity index (χ2n) is 4.49. The Labute approximate surface area is 85.9 Å². The van der Waals surface area contributed by atoms with E-state index in [1.54, 1.807) is 0 Å². The summed E-state index contributed by atoms with van der Waals surface area (Å²) in [5.74, 6) is 0. The van der Waals surface area contributed by atoms with Crippen molar-refractivity contribution in [1.29, 1.82) is 0 Å². The van der Waals surface area contributed by atoms with Gasteiger partial charge in [0.15, 0.2) is 0 Å². The SMILES string of the molecule is CC(Cl)c1ccc(C(C)(C)C)cc1. The first-order chi connectivity index (χ1) is 5.91. The standard InChI is InChI=1S/C12H17Cl/c1-9(13)10-5-7-11(8-6-10)12(2,3)4/h5-9H,1-4H3. The Kier molecular flexibility index (Phi) is 3.02. The quantitative estimate of drug-likeness (QED) is 0.588. The van der Waals surface area contributed by atoms with Gasteiger partial charge in [0, 0.05) is 0 Å². The highest BCUT2D eigenvalue weighted by molar-refractivity contribution is 6.20. The molecule has 0 aliphatic heterocycles. The molecule has 0 aromatic heterocycles. The highest BCUT2D eigenvalue weighted by Crippen LogP contribution is 2.25. The molecular weight excluding hydrogens is 180 g/mol. The highest BCUT2D eigenvalue weighted by atomic mass is 35.5. The first kappa shape index (κ1) is 10.6. The molecule has 1 rings (SSSR count). The van der Waals surface area contributed by atoms with Crippen LogP contribution in [0.25, 0.3) is 0 Å². The van der Waals surface area contributed by atoms with Crippen molar-refractivity contribution in [2.24, 2.45) is 0 Å². The molecule has 0 saturated heterocycles. The second-order valence-corrected chi connectivity index (χ2v) is 5.14. The molecule has 13 heavy (non-hydrogen) atoms. The van der Waals surface area contributed by atoms with Crippen LogP contribution in [0.5, 0.6) is 0 Å². The lowest BCUT2D eigenvalue weighted by molar-refractivity contribution is 0.590. The summed E-state index contributed by atoms with van der Waals surface area (Å²) in [6, 6.07) is 8.54. The van der Waals surface area contributed by atoms with E-state index in [9.17, 15) is 0 Å². The summed E-state index contributed by atoms with van der Waals surface area (Å²) in [5.41, 5.74) is 2.77. The van der Waals surface area contributed by atoms with E-state index in [1.807, 2.05) is 6.92 Å². The maximum Gasteiger partial charge on any atom is 0.0557 e. The van der Waals surface area contributed by atoms with Crippen LogP contribution in [0.15, 0.2) is 24.3 Å². The Balaban J connectivity index is 2.94. The second kappa shape index (κ2) is 3.71. The van der Waals surface area contributed by atoms with Gasteiger partial charge in [-0.2, -0.15) is 0 Å². The van der Waals surface area contributed by atoms with E-state index in [0.717, 1.165) is 0 Å². The molecule has 0 nitrogen and oxygen atoms in total. The van der Waals surface area contributed by atoms with Gasteiger partial charge in [-0.25, -0.2) is 0 Å². The Morgan fingerprint density at radius 3 is 1.85 bits per heavy atom. The van der Waals surface area contributed by atoms with Gasteiger partial charge in [0.1, 0.15) is 0 Å². The van der Waals surface area contributed by atoms with Crippen LogP contribution in [-0.2, 0) is 5.41 Å². The zero-order chi connectivity index (χ0) is 10.1. The topological polar surface area (TPSA) is 0 Å². The molecule has 0 heterocycles. The van der Waals surface area contributed by atoms with Crippen molar-refractivity contribution >= 4 is 11.6 Å². The van der Waals surface area contributed by atoms with Crippen LogP contribution in [-0.4, -0.2) is 0 Å². The van der Waals surface area contributed by atoms with Crippen molar-refractivity contribution < 1.29 is 0 Å². The maximum absolute atomic E-state index is 5.97. The first-order valence-corrected chi connectivity index (χ1v) is 5.09. The fraction of sp³-hybridized carbons (Fsp3) is 0.500. The summed E-state index contributed by atoms with van der Waals surface area (Å²) >= 11 is 5.97. The van der Waals surface area contributed by atoms with Gasteiger partial charge in [0.05, 0.1) is 5.38 Å². The first-order valence-electron chi connectivity index (χ1n) is 4.66. The molecule has 1 aromatic carbocycles. The van der Waals surface area contributed by atoms with E-state index in [2.05, 4.69) is 45.0 Å². The van der Waals surface area contributed by atoms with Gasteiger partial charge >= 0.3 is 0 Å². The Morgan fingerprint density at radius 2 is 1.54 bits per heavy atom. The summed E-state index contributed by atoms with van der Waals surface area (Å²) in [5, 5.41) is 0.106. The molecule has 0 bridgehead atoms. The molecule has 0 aliphatic rings. The van der Waals surface area contributed by atoms with Crippen molar-refractivity contribution in [2.45, 2.75) is 38.5 Å². The third-order valence-electron chi connectivity index (χ3n) is 2.24. The molecule has 0 aliphatic carbocycles. The van der Waals surface area contributed by atoms with Crippen LogP contribution in [0.4, 0.5) is 0 Å². The van der Waals surface area contributed by atoms with E-state index >= 15 is 0 Å². The number of hydrogen-bond donors (Lipinski definition) is 0. The predicted octanol–water partition coefficient (Wildman–Crippen LogP) is 4.28. The van der Waals surface area contributed by atoms with E-state index in [-0.39, 0.29) is 10.8 Å². The van der Waals surface area contributed by atoms with Crippen LogP contribution in [0.3, 0.4) is 0 Å². The molecule has 1 unspecified atom stereocenters. The minimum atomic E-state index is 0.106. The largest absolute Gasteiger partial charge is 0.118 e. The van der Waals surface area contributed by atoms with E-state index < -0.39 is 0 Å². The van der Waals surface area contributed by atoms with E-state index in [1.165, 1.54) is 11.1 Å². The lowest BCUT2D eigenvalue weighted by atomic mass is 9.86. The van der Waals surface area contributed by atoms with Gasteiger partial charge in [-0.3, -0.25) is 0 Å². The lowest BCUT2D eigenvalue weighted by Gasteiger charge is -2.19. The van der Waals surface area contributed by atoms with Crippen LogP contribution >= 0.6 is 11.6 Å². The van der Waals surface area contributed by atoms with Crippen LogP contribution in [0.2, 0.25) is 0 Å². The monoisotopic (exact) mass is 196 g/mol. The molecule has 1 aromatic rings. The summed E-state index contributed by atoms with van der Waals surface area (Å²) in [6.45, 7) is 8.64. The van der Waals surface area contributed by atoms with Gasteiger partial charge in [0.2, 0.25) is 0 Å². The Morgan fingerprint density at radius 1 is 1.08 bits per heavy atom. The van der Waals surface area contributed by atoms with Gasteiger partial charge in [-0.1, -0.05) is 45.0 Å². The predicted molar refractivity (Wildman–Crippen MR) is 59.4 cm³/mol. The number of alkyl halides is 1. The van der Waals surface area contributed by atoms with Crippen molar-refractivity contribution in [2.75, 3.05) is 0 Å². The van der Waals surface area contributed by atoms with Crippen molar-refractivity contribution in [3.8, 4) is 0 Å². The third-order valence-corrected chi connectivity index (χ3v) is 2.49. The van der Waals surface area contributed by atoms with Crippen LogP contribution in [0, 0.1) is 0 Å². The van der Waals surface area contributed by atoms with Gasteiger partial charge < -0.3 is 0 Å². The average Bonchev–Trinajstić information content (AvgIpc) is 2.03. The fourth-order valence-corrected chi connectivity index (χ4v) is 1.39. The zero-order valence-corrected chi connectivity index (χ0v) is 9.52. The smallest absolute Gasteiger partial charge is 0.0557 e. The average molecular weight is 197 g/mol. The normalized spacial score (nSPS) is 14.2. The van der Waals surface area contributed by atoms with Crippen molar-refractivity contribution in [1.82, 2.24) is 0 Å². The number of benzene rings is 1. The maximum atomic E-state index is 5.97. The summed E-state index contributed by atoms with van der Waals surface area (Å²) < 4.78 is 0. The molecule has 0 fully saturated rings. The van der Waals surface area contributed by atoms with Crippen molar-refractivity contribution in [3.63, 3.8) is 0 Å². The van der Waals surface area contributed by atoms with E-state index in [4.69, 9.17) is 11.6 Å². The molecule has 1 atom stereocenters. The van der Waals surface area contributed by atoms with Gasteiger partial charge in [-0.15, -0.1) is 11.6 Å². The van der Waals surface area contributed by atoms with Gasteiger partial charge in [-0.05, 0) is 23.5 Å². The van der Waals surface area contributed by atoms with Crippen LogP contribution in [0.1, 0.15) is 44.2 Å². The molecule has 0 N–H and O–H groups in total. The lowest BCUT2D eigenvalue weighted by Crippen LogP contribution is -2.10. The summed E-state index contributed by atoms with van der Waals surface area (Å²) in [4.78, 5) is 0. The summed E-state index contributed by atoms with van der Waals surface area (Å²) in [6.07, 6.45) is 0. The minimum Gasteiger partial charge on any atom is -0.118 e. The zero-order valence-electron chi connectivity index (χ0n) is 8.76. The van der Waals surface area contributed by atoms with Crippen molar-refractivity contribution in [3.05, 3.63) is 35.4 Å². The Hall–Kier alpha value is -0.490.